The summed E-state index contributed by atoms with van der Waals surface area (Å²) in [6.07, 6.45) is -3.62. The third-order valence-corrected chi connectivity index (χ3v) is 4.65. The van der Waals surface area contributed by atoms with Crippen molar-refractivity contribution in [1.29, 1.82) is 0 Å². The zero-order valence-corrected chi connectivity index (χ0v) is 13.2. The van der Waals surface area contributed by atoms with Crippen molar-refractivity contribution in [3.8, 4) is 0 Å². The number of halogens is 3. The van der Waals surface area contributed by atoms with Crippen LogP contribution in [0.3, 0.4) is 0 Å². The molecule has 0 spiro atoms. The average molecular weight is 349 g/mol. The van der Waals surface area contributed by atoms with Gasteiger partial charge in [-0.2, -0.15) is 13.2 Å². The van der Waals surface area contributed by atoms with Gasteiger partial charge in [0.25, 0.3) is 0 Å². The summed E-state index contributed by atoms with van der Waals surface area (Å²) in [5.41, 5.74) is 0. The Morgan fingerprint density at radius 3 is 2.79 bits per heavy atom. The minimum absolute atomic E-state index is 0.118. The fourth-order valence-corrected chi connectivity index (χ4v) is 3.56. The molecular weight excluding hydrogens is 327 g/mol. The molecule has 1 N–H and O–H groups in total. The number of ether oxygens (including phenoxy) is 2. The van der Waals surface area contributed by atoms with Crippen LogP contribution in [0.4, 0.5) is 13.2 Å². The van der Waals surface area contributed by atoms with Gasteiger partial charge in [-0.15, -0.1) is 0 Å². The second-order valence-electron chi connectivity index (χ2n) is 6.27. The maximum absolute atomic E-state index is 13.7. The Morgan fingerprint density at radius 1 is 1.33 bits per heavy atom. The molecule has 3 rings (SSSR count). The fourth-order valence-electron chi connectivity index (χ4n) is 3.56. The lowest BCUT2D eigenvalue weighted by molar-refractivity contribution is -0.227. The van der Waals surface area contributed by atoms with Gasteiger partial charge in [0.05, 0.1) is 25.6 Å². The van der Waals surface area contributed by atoms with E-state index in [1.807, 2.05) is 0 Å². The molecule has 0 aliphatic carbocycles. The van der Waals surface area contributed by atoms with E-state index in [-0.39, 0.29) is 26.2 Å². The van der Waals surface area contributed by atoms with E-state index >= 15 is 0 Å². The fraction of sp³-hybridized carbons (Fsp3) is 0.750. The van der Waals surface area contributed by atoms with Crippen LogP contribution in [0.2, 0.25) is 0 Å². The third kappa shape index (κ3) is 3.93. The second kappa shape index (κ2) is 7.43. The van der Waals surface area contributed by atoms with Gasteiger partial charge in [-0.1, -0.05) is 0 Å². The van der Waals surface area contributed by atoms with Gasteiger partial charge in [-0.05, 0) is 31.4 Å². The van der Waals surface area contributed by atoms with Crippen molar-refractivity contribution in [3.05, 3.63) is 24.2 Å². The molecule has 136 valence electrons. The van der Waals surface area contributed by atoms with E-state index in [0.29, 0.717) is 25.2 Å². The molecule has 8 heteroatoms. The zero-order valence-electron chi connectivity index (χ0n) is 13.2. The highest BCUT2D eigenvalue weighted by Crippen LogP contribution is 2.36. The minimum atomic E-state index is -4.39. The SMILES string of the molecule is OC(CC1COCCN1C(C1CCCO1)C(F)(F)F)c1ccco1. The lowest BCUT2D eigenvalue weighted by Crippen LogP contribution is -2.60. The molecule has 4 atom stereocenters. The summed E-state index contributed by atoms with van der Waals surface area (Å²) in [7, 11) is 0. The number of hydrogen-bond acceptors (Lipinski definition) is 5. The molecule has 0 amide bonds. The average Bonchev–Trinajstić information content (AvgIpc) is 3.21. The summed E-state index contributed by atoms with van der Waals surface area (Å²) in [5, 5.41) is 10.2. The normalized spacial score (nSPS) is 28.8. The summed E-state index contributed by atoms with van der Waals surface area (Å²) < 4.78 is 56.9. The largest absolute Gasteiger partial charge is 0.467 e. The van der Waals surface area contributed by atoms with E-state index < -0.39 is 30.5 Å². The lowest BCUT2D eigenvalue weighted by atomic mass is 9.99. The molecule has 5 nitrogen and oxygen atoms in total. The highest BCUT2D eigenvalue weighted by molar-refractivity contribution is 5.03. The van der Waals surface area contributed by atoms with Gasteiger partial charge < -0.3 is 19.0 Å². The van der Waals surface area contributed by atoms with Gasteiger partial charge in [0.15, 0.2) is 0 Å². The number of alkyl halides is 3. The number of nitrogens with zero attached hydrogens (tertiary/aromatic N) is 1. The molecule has 2 saturated heterocycles. The van der Waals surface area contributed by atoms with Gasteiger partial charge in [0.2, 0.25) is 0 Å². The quantitative estimate of drug-likeness (QED) is 0.885. The highest BCUT2D eigenvalue weighted by Gasteiger charge is 2.52. The van der Waals surface area contributed by atoms with E-state index in [2.05, 4.69) is 0 Å². The number of aliphatic hydroxyl groups is 1. The van der Waals surface area contributed by atoms with E-state index in [1.54, 1.807) is 12.1 Å². The molecule has 0 saturated carbocycles. The van der Waals surface area contributed by atoms with Gasteiger partial charge in [0.1, 0.15) is 17.9 Å². The Hall–Kier alpha value is -1.09. The van der Waals surface area contributed by atoms with Crippen LogP contribution in [0, 0.1) is 0 Å². The smallest absolute Gasteiger partial charge is 0.406 e. The first-order valence-corrected chi connectivity index (χ1v) is 8.20. The van der Waals surface area contributed by atoms with Gasteiger partial charge in [-0.25, -0.2) is 0 Å². The van der Waals surface area contributed by atoms with Crippen molar-refractivity contribution in [3.63, 3.8) is 0 Å². The van der Waals surface area contributed by atoms with Crippen LogP contribution >= 0.6 is 0 Å². The van der Waals surface area contributed by atoms with Crippen LogP contribution in [0.1, 0.15) is 31.1 Å². The molecular formula is C16H22F3NO4. The van der Waals surface area contributed by atoms with Crippen molar-refractivity contribution < 1.29 is 32.2 Å². The number of furan rings is 1. The van der Waals surface area contributed by atoms with E-state index in [1.165, 1.54) is 11.2 Å². The molecule has 1 aromatic heterocycles. The Kier molecular flexibility index (Phi) is 5.49. The molecule has 0 radical (unpaired) electrons. The van der Waals surface area contributed by atoms with Crippen molar-refractivity contribution in [2.75, 3.05) is 26.4 Å². The molecule has 3 heterocycles. The summed E-state index contributed by atoms with van der Waals surface area (Å²) in [6.45, 7) is 0.921. The molecule has 4 unspecified atom stereocenters. The number of hydrogen-bond donors (Lipinski definition) is 1. The molecule has 0 aromatic carbocycles. The highest BCUT2D eigenvalue weighted by atomic mass is 19.4. The minimum Gasteiger partial charge on any atom is -0.467 e. The molecule has 0 bridgehead atoms. The first-order chi connectivity index (χ1) is 11.5. The molecule has 2 aliphatic heterocycles. The van der Waals surface area contributed by atoms with Crippen LogP contribution in [0.15, 0.2) is 22.8 Å². The van der Waals surface area contributed by atoms with Gasteiger partial charge in [0, 0.05) is 19.2 Å². The summed E-state index contributed by atoms with van der Waals surface area (Å²) in [5.74, 6) is 0.348. The van der Waals surface area contributed by atoms with Crippen LogP contribution in [0.25, 0.3) is 0 Å². The first-order valence-electron chi connectivity index (χ1n) is 8.20. The van der Waals surface area contributed by atoms with E-state index in [0.717, 1.165) is 0 Å². The maximum atomic E-state index is 13.7. The molecule has 1 aromatic rings. The number of rotatable bonds is 5. The predicted molar refractivity (Wildman–Crippen MR) is 78.4 cm³/mol. The summed E-state index contributed by atoms with van der Waals surface area (Å²) in [6, 6.07) is 1.03. The number of morpholine rings is 1. The van der Waals surface area contributed by atoms with Crippen molar-refractivity contribution in [1.82, 2.24) is 4.90 Å². The van der Waals surface area contributed by atoms with Gasteiger partial charge >= 0.3 is 6.18 Å². The summed E-state index contributed by atoms with van der Waals surface area (Å²) in [4.78, 5) is 1.39. The zero-order chi connectivity index (χ0) is 17.2. The Bertz CT molecular complexity index is 502. The van der Waals surface area contributed by atoms with Crippen molar-refractivity contribution >= 4 is 0 Å². The standard InChI is InChI=1S/C16H22F3NO4/c17-16(18,19)15(14-4-2-7-24-14)20-5-8-22-10-11(20)9-12(21)13-3-1-6-23-13/h1,3,6,11-12,14-15,21H,2,4-5,7-10H2. The topological polar surface area (TPSA) is 55.1 Å². The van der Waals surface area contributed by atoms with E-state index in [4.69, 9.17) is 13.9 Å². The van der Waals surface area contributed by atoms with Crippen molar-refractivity contribution in [2.24, 2.45) is 0 Å². The summed E-state index contributed by atoms with van der Waals surface area (Å²) >= 11 is 0. The second-order valence-corrected chi connectivity index (χ2v) is 6.27. The van der Waals surface area contributed by atoms with Crippen LogP contribution in [0.5, 0.6) is 0 Å². The monoisotopic (exact) mass is 349 g/mol. The van der Waals surface area contributed by atoms with Crippen molar-refractivity contribution in [2.45, 2.75) is 49.7 Å². The van der Waals surface area contributed by atoms with Crippen LogP contribution in [-0.2, 0) is 9.47 Å². The first kappa shape index (κ1) is 17.7. The maximum Gasteiger partial charge on any atom is 0.406 e. The van der Waals surface area contributed by atoms with Crippen LogP contribution < -0.4 is 0 Å². The van der Waals surface area contributed by atoms with E-state index in [9.17, 15) is 18.3 Å². The van der Waals surface area contributed by atoms with Gasteiger partial charge in [-0.3, -0.25) is 4.90 Å². The van der Waals surface area contributed by atoms with Crippen LogP contribution in [-0.4, -0.2) is 60.7 Å². The lowest BCUT2D eigenvalue weighted by Gasteiger charge is -2.43. The molecule has 2 aliphatic rings. The predicted octanol–water partition coefficient (Wildman–Crippen LogP) is 2.51. The Morgan fingerprint density at radius 2 is 2.17 bits per heavy atom. The Labute approximate surface area is 138 Å². The molecule has 24 heavy (non-hydrogen) atoms. The molecule has 2 fully saturated rings. The number of aliphatic hydroxyl groups excluding tert-OH is 1. The Balaban J connectivity index is 1.76. The third-order valence-electron chi connectivity index (χ3n) is 4.65.